The number of hydrogen-bond acceptors (Lipinski definition) is 6. The Hall–Kier alpha value is -3.88. The Morgan fingerprint density at radius 1 is 1.03 bits per heavy atom. The molecule has 0 unspecified atom stereocenters. The summed E-state index contributed by atoms with van der Waals surface area (Å²) in [6, 6.07) is 9.85. The summed E-state index contributed by atoms with van der Waals surface area (Å²) in [5, 5.41) is 0.744. The first-order valence-electron chi connectivity index (χ1n) is 10.1. The molecule has 1 aliphatic rings. The van der Waals surface area contributed by atoms with Gasteiger partial charge in [0, 0.05) is 35.6 Å². The fourth-order valence-electron chi connectivity index (χ4n) is 3.80. The number of aromatic nitrogens is 2. The molecule has 3 heterocycles. The summed E-state index contributed by atoms with van der Waals surface area (Å²) in [5.74, 6) is -3.49. The van der Waals surface area contributed by atoms with Crippen molar-refractivity contribution in [2.75, 3.05) is 0 Å². The second kappa shape index (κ2) is 7.61. The molecule has 6 nitrogen and oxygen atoms in total. The molecule has 33 heavy (non-hydrogen) atoms. The van der Waals surface area contributed by atoms with Crippen LogP contribution >= 0.6 is 0 Å². The van der Waals surface area contributed by atoms with E-state index < -0.39 is 34.8 Å². The third-order valence-corrected chi connectivity index (χ3v) is 5.57. The van der Waals surface area contributed by atoms with Crippen LogP contribution in [0.4, 0.5) is 13.2 Å². The van der Waals surface area contributed by atoms with Crippen LogP contribution in [0.15, 0.2) is 58.0 Å². The third kappa shape index (κ3) is 3.79. The highest BCUT2D eigenvalue weighted by Crippen LogP contribution is 2.37. The second-order valence-electron chi connectivity index (χ2n) is 8.23. The Kier molecular flexibility index (Phi) is 4.84. The topological polar surface area (TPSA) is 74.5 Å². The van der Waals surface area contributed by atoms with Crippen molar-refractivity contribution in [3.63, 3.8) is 0 Å². The number of fused-ring (bicyclic) bond motifs is 2. The Balaban J connectivity index is 1.46. The molecule has 1 aliphatic heterocycles. The van der Waals surface area contributed by atoms with E-state index in [0.717, 1.165) is 29.4 Å². The van der Waals surface area contributed by atoms with Gasteiger partial charge in [-0.2, -0.15) is 0 Å². The van der Waals surface area contributed by atoms with Crippen molar-refractivity contribution in [3.05, 3.63) is 82.2 Å². The quantitative estimate of drug-likeness (QED) is 0.326. The molecule has 2 aromatic carbocycles. The van der Waals surface area contributed by atoms with Crippen LogP contribution in [-0.4, -0.2) is 21.7 Å². The summed E-state index contributed by atoms with van der Waals surface area (Å²) >= 11 is 0. The van der Waals surface area contributed by atoms with Crippen LogP contribution in [0.5, 0.6) is 11.6 Å². The van der Waals surface area contributed by atoms with Crippen molar-refractivity contribution in [2.24, 2.45) is 0 Å². The Morgan fingerprint density at radius 3 is 2.67 bits per heavy atom. The van der Waals surface area contributed by atoms with E-state index in [4.69, 9.17) is 13.9 Å². The van der Waals surface area contributed by atoms with Gasteiger partial charge in [-0.1, -0.05) is 0 Å². The molecule has 0 spiro atoms. The third-order valence-electron chi connectivity index (χ3n) is 5.57. The lowest BCUT2D eigenvalue weighted by molar-refractivity contribution is -0.0287. The molecular formula is C24H17F3N2O4. The standard InChI is InChI=1S/C24H17F3N2O4/c1-24(2)19(8-13-7-12-3-6-21(30)31-17(12)10-18(13)33-24)32-20-9-16(28-11-29-20)14-4-5-15(25)23(27)22(14)26/h3-7,9-11,19H,8H2,1-2H3/t19-/m0/s1. The van der Waals surface area contributed by atoms with Gasteiger partial charge in [-0.3, -0.25) is 0 Å². The maximum Gasteiger partial charge on any atom is 0.336 e. The van der Waals surface area contributed by atoms with Crippen molar-refractivity contribution in [3.8, 4) is 22.9 Å². The van der Waals surface area contributed by atoms with Gasteiger partial charge in [-0.25, -0.2) is 27.9 Å². The average molecular weight is 454 g/mol. The second-order valence-corrected chi connectivity index (χ2v) is 8.23. The summed E-state index contributed by atoms with van der Waals surface area (Å²) in [7, 11) is 0. The molecule has 0 saturated heterocycles. The first-order chi connectivity index (χ1) is 15.7. The van der Waals surface area contributed by atoms with Crippen molar-refractivity contribution in [1.29, 1.82) is 0 Å². The molecule has 0 saturated carbocycles. The normalized spacial score (nSPS) is 16.8. The van der Waals surface area contributed by atoms with Crippen molar-refractivity contribution in [2.45, 2.75) is 32.0 Å². The van der Waals surface area contributed by atoms with Gasteiger partial charge in [0.25, 0.3) is 0 Å². The number of halogens is 3. The van der Waals surface area contributed by atoms with Gasteiger partial charge in [-0.05, 0) is 43.7 Å². The molecule has 4 aromatic rings. The molecule has 168 valence electrons. The monoisotopic (exact) mass is 454 g/mol. The van der Waals surface area contributed by atoms with Crippen LogP contribution in [-0.2, 0) is 6.42 Å². The molecule has 0 bridgehead atoms. The van der Waals surface area contributed by atoms with E-state index in [2.05, 4.69) is 9.97 Å². The lowest BCUT2D eigenvalue weighted by Crippen LogP contribution is -2.49. The highest BCUT2D eigenvalue weighted by molar-refractivity contribution is 5.79. The SMILES string of the molecule is CC1(C)Oc2cc3oc(=O)ccc3cc2C[C@@H]1Oc1cc(-c2ccc(F)c(F)c2F)ncn1. The van der Waals surface area contributed by atoms with E-state index in [1.165, 1.54) is 12.1 Å². The van der Waals surface area contributed by atoms with Crippen LogP contribution in [0.3, 0.4) is 0 Å². The highest BCUT2D eigenvalue weighted by atomic mass is 19.2. The maximum atomic E-state index is 14.2. The van der Waals surface area contributed by atoms with Gasteiger partial charge in [0.15, 0.2) is 17.5 Å². The zero-order valence-electron chi connectivity index (χ0n) is 17.6. The summed E-state index contributed by atoms with van der Waals surface area (Å²) in [6.07, 6.45) is 1.12. The van der Waals surface area contributed by atoms with E-state index >= 15 is 0 Å². The zero-order chi connectivity index (χ0) is 23.3. The molecule has 0 fully saturated rings. The van der Waals surface area contributed by atoms with E-state index in [-0.39, 0.29) is 17.1 Å². The Bertz CT molecular complexity index is 1450. The molecule has 1 atom stereocenters. The van der Waals surface area contributed by atoms with Gasteiger partial charge < -0.3 is 13.9 Å². The predicted octanol–water partition coefficient (Wildman–Crippen LogP) is 4.83. The predicted molar refractivity (Wildman–Crippen MR) is 113 cm³/mol. The summed E-state index contributed by atoms with van der Waals surface area (Å²) in [5.41, 5.74) is -0.137. The Morgan fingerprint density at radius 2 is 1.85 bits per heavy atom. The number of ether oxygens (including phenoxy) is 2. The average Bonchev–Trinajstić information content (AvgIpc) is 2.77. The molecule has 0 aliphatic carbocycles. The first-order valence-corrected chi connectivity index (χ1v) is 10.1. The van der Waals surface area contributed by atoms with Gasteiger partial charge in [0.05, 0.1) is 5.69 Å². The molecule has 0 N–H and O–H groups in total. The zero-order valence-corrected chi connectivity index (χ0v) is 17.6. The lowest BCUT2D eigenvalue weighted by atomic mass is 9.90. The smallest absolute Gasteiger partial charge is 0.336 e. The minimum atomic E-state index is -1.57. The molecule has 0 radical (unpaired) electrons. The molecule has 9 heteroatoms. The van der Waals surface area contributed by atoms with Gasteiger partial charge in [-0.15, -0.1) is 0 Å². The first kappa shape index (κ1) is 21.0. The van der Waals surface area contributed by atoms with Crippen LogP contribution in [0.2, 0.25) is 0 Å². The van der Waals surface area contributed by atoms with E-state index in [9.17, 15) is 18.0 Å². The maximum absolute atomic E-state index is 14.2. The molecule has 5 rings (SSSR count). The van der Waals surface area contributed by atoms with Crippen LogP contribution in [0, 0.1) is 17.5 Å². The van der Waals surface area contributed by atoms with Crippen molar-refractivity contribution < 1.29 is 27.1 Å². The number of hydrogen-bond donors (Lipinski definition) is 0. The molecule has 2 aromatic heterocycles. The fraction of sp³-hybridized carbons (Fsp3) is 0.208. The van der Waals surface area contributed by atoms with Crippen LogP contribution < -0.4 is 15.1 Å². The van der Waals surface area contributed by atoms with Gasteiger partial charge in [0.2, 0.25) is 5.88 Å². The number of rotatable bonds is 3. The number of nitrogens with zero attached hydrogens (tertiary/aromatic N) is 2. The van der Waals surface area contributed by atoms with Crippen molar-refractivity contribution >= 4 is 11.0 Å². The number of benzene rings is 2. The minimum absolute atomic E-state index is 0.0485. The summed E-state index contributed by atoms with van der Waals surface area (Å²) in [6.45, 7) is 3.67. The van der Waals surface area contributed by atoms with Gasteiger partial charge in [0.1, 0.15) is 29.4 Å². The van der Waals surface area contributed by atoms with Crippen molar-refractivity contribution in [1.82, 2.24) is 9.97 Å². The largest absolute Gasteiger partial charge is 0.484 e. The lowest BCUT2D eigenvalue weighted by Gasteiger charge is -2.39. The molecular weight excluding hydrogens is 437 g/mol. The minimum Gasteiger partial charge on any atom is -0.484 e. The molecule has 0 amide bonds. The highest BCUT2D eigenvalue weighted by Gasteiger charge is 2.39. The summed E-state index contributed by atoms with van der Waals surface area (Å²) < 4.78 is 58.6. The van der Waals surface area contributed by atoms with E-state index in [1.54, 1.807) is 12.1 Å². The van der Waals surface area contributed by atoms with E-state index in [0.29, 0.717) is 17.8 Å². The van der Waals surface area contributed by atoms with Gasteiger partial charge >= 0.3 is 5.63 Å². The Labute approximate surface area is 185 Å². The van der Waals surface area contributed by atoms with Crippen LogP contribution in [0.25, 0.3) is 22.2 Å². The van der Waals surface area contributed by atoms with Crippen LogP contribution in [0.1, 0.15) is 19.4 Å². The summed E-state index contributed by atoms with van der Waals surface area (Å²) in [4.78, 5) is 19.6. The van der Waals surface area contributed by atoms with E-state index in [1.807, 2.05) is 19.9 Å². The fourth-order valence-corrected chi connectivity index (χ4v) is 3.80.